The molecule has 4 nitrogen and oxygen atoms in total. The highest BCUT2D eigenvalue weighted by Gasteiger charge is 2.28. The standard InChI is InChI=1S/C20H21FN2O2S/c21-9-7-18(24)23-10-8-15(12-23)22-20(25)17-11-14-6-5-13-3-1-2-4-16(13)19(14)26-17/h1-4,11,15H,5-10,12H2,(H,22,25)/t15-/m1/s1. The zero-order valence-corrected chi connectivity index (χ0v) is 15.3. The van der Waals surface area contributed by atoms with Crippen LogP contribution in [0.25, 0.3) is 10.4 Å². The highest BCUT2D eigenvalue weighted by molar-refractivity contribution is 7.17. The lowest BCUT2D eigenvalue weighted by Crippen LogP contribution is -2.38. The van der Waals surface area contributed by atoms with Crippen LogP contribution in [0.2, 0.25) is 0 Å². The van der Waals surface area contributed by atoms with Crippen molar-refractivity contribution in [3.63, 3.8) is 0 Å². The van der Waals surface area contributed by atoms with Gasteiger partial charge in [-0.3, -0.25) is 14.0 Å². The van der Waals surface area contributed by atoms with Crippen molar-refractivity contribution < 1.29 is 14.0 Å². The first-order valence-electron chi connectivity index (χ1n) is 9.01. The summed E-state index contributed by atoms with van der Waals surface area (Å²) in [7, 11) is 0. The largest absolute Gasteiger partial charge is 0.347 e. The van der Waals surface area contributed by atoms with E-state index in [0.717, 1.165) is 24.1 Å². The third-order valence-corrected chi connectivity index (χ3v) is 6.35. The molecule has 26 heavy (non-hydrogen) atoms. The van der Waals surface area contributed by atoms with Gasteiger partial charge in [-0.05, 0) is 42.0 Å². The average Bonchev–Trinajstić information content (AvgIpc) is 3.29. The summed E-state index contributed by atoms with van der Waals surface area (Å²) in [6.45, 7) is 0.422. The normalized spacial score (nSPS) is 18.3. The molecule has 1 aromatic carbocycles. The summed E-state index contributed by atoms with van der Waals surface area (Å²) >= 11 is 1.54. The van der Waals surface area contributed by atoms with Crippen molar-refractivity contribution in [2.45, 2.75) is 31.7 Å². The molecule has 2 heterocycles. The van der Waals surface area contributed by atoms with Crippen LogP contribution in [-0.4, -0.2) is 42.5 Å². The second kappa shape index (κ2) is 7.19. The van der Waals surface area contributed by atoms with Crippen molar-refractivity contribution in [2.75, 3.05) is 19.8 Å². The third-order valence-electron chi connectivity index (χ3n) is 5.14. The summed E-state index contributed by atoms with van der Waals surface area (Å²) in [5.74, 6) is -0.251. The van der Waals surface area contributed by atoms with Crippen LogP contribution in [0.15, 0.2) is 30.3 Å². The third kappa shape index (κ3) is 3.26. The number of aryl methyl sites for hydroxylation is 2. The van der Waals surface area contributed by atoms with Gasteiger partial charge in [-0.1, -0.05) is 24.3 Å². The number of rotatable bonds is 4. The van der Waals surface area contributed by atoms with Crippen LogP contribution < -0.4 is 5.32 Å². The molecule has 1 aliphatic carbocycles. The zero-order chi connectivity index (χ0) is 18.1. The Bertz CT molecular complexity index is 848. The maximum atomic E-state index is 12.7. The highest BCUT2D eigenvalue weighted by Crippen LogP contribution is 2.39. The van der Waals surface area contributed by atoms with Crippen molar-refractivity contribution in [1.82, 2.24) is 10.2 Å². The van der Waals surface area contributed by atoms with Gasteiger partial charge in [-0.15, -0.1) is 11.3 Å². The maximum absolute atomic E-state index is 12.7. The molecule has 0 spiro atoms. The predicted molar refractivity (Wildman–Crippen MR) is 100 cm³/mol. The minimum absolute atomic E-state index is 0.0579. The first kappa shape index (κ1) is 17.2. The van der Waals surface area contributed by atoms with E-state index >= 15 is 0 Å². The molecule has 1 aliphatic heterocycles. The van der Waals surface area contributed by atoms with Crippen LogP contribution in [0, 0.1) is 0 Å². The summed E-state index contributed by atoms with van der Waals surface area (Å²) in [5.41, 5.74) is 3.82. The molecule has 2 amide bonds. The molecule has 1 aromatic heterocycles. The predicted octanol–water partition coefficient (Wildman–Crippen LogP) is 3.20. The van der Waals surface area contributed by atoms with Gasteiger partial charge < -0.3 is 10.2 Å². The number of fused-ring (bicyclic) bond motifs is 3. The summed E-state index contributed by atoms with van der Waals surface area (Å²) in [6.07, 6.45) is 2.62. The molecule has 1 atom stereocenters. The molecule has 136 valence electrons. The molecule has 2 aliphatic rings. The van der Waals surface area contributed by atoms with Crippen molar-refractivity contribution in [1.29, 1.82) is 0 Å². The Kier molecular flexibility index (Phi) is 4.76. The van der Waals surface area contributed by atoms with Gasteiger partial charge in [-0.2, -0.15) is 0 Å². The fraction of sp³-hybridized carbons (Fsp3) is 0.400. The van der Waals surface area contributed by atoms with Gasteiger partial charge >= 0.3 is 0 Å². The van der Waals surface area contributed by atoms with Gasteiger partial charge in [0.05, 0.1) is 18.0 Å². The molecule has 4 rings (SSSR count). The smallest absolute Gasteiger partial charge is 0.261 e. The van der Waals surface area contributed by atoms with E-state index in [9.17, 15) is 14.0 Å². The second-order valence-corrected chi connectivity index (χ2v) is 7.91. The summed E-state index contributed by atoms with van der Waals surface area (Å²) in [6, 6.07) is 10.3. The molecule has 1 fully saturated rings. The van der Waals surface area contributed by atoms with Crippen molar-refractivity contribution in [3.05, 3.63) is 46.3 Å². The van der Waals surface area contributed by atoms with Crippen LogP contribution >= 0.6 is 11.3 Å². The maximum Gasteiger partial charge on any atom is 0.261 e. The average molecular weight is 372 g/mol. The first-order valence-corrected chi connectivity index (χ1v) is 9.83. The van der Waals surface area contributed by atoms with Crippen molar-refractivity contribution in [2.24, 2.45) is 0 Å². The highest BCUT2D eigenvalue weighted by atomic mass is 32.1. The van der Waals surface area contributed by atoms with Crippen molar-refractivity contribution >= 4 is 23.2 Å². The number of hydrogen-bond donors (Lipinski definition) is 1. The fourth-order valence-electron chi connectivity index (χ4n) is 3.78. The second-order valence-electron chi connectivity index (χ2n) is 6.86. The number of nitrogens with one attached hydrogen (secondary N) is 1. The Morgan fingerprint density at radius 3 is 2.88 bits per heavy atom. The van der Waals surface area contributed by atoms with Gasteiger partial charge in [0.1, 0.15) is 0 Å². The summed E-state index contributed by atoms with van der Waals surface area (Å²) in [5, 5.41) is 3.04. The Balaban J connectivity index is 1.44. The minimum Gasteiger partial charge on any atom is -0.347 e. The first-order chi connectivity index (χ1) is 12.7. The minimum atomic E-state index is -0.630. The quantitative estimate of drug-likeness (QED) is 0.896. The number of hydrogen-bond acceptors (Lipinski definition) is 3. The van der Waals surface area contributed by atoms with Crippen LogP contribution in [0.1, 0.15) is 33.6 Å². The Labute approximate surface area is 156 Å². The van der Waals surface area contributed by atoms with Gasteiger partial charge in [-0.25, -0.2) is 0 Å². The number of amides is 2. The fourth-order valence-corrected chi connectivity index (χ4v) is 4.96. The number of carbonyl (C=O) groups is 2. The van der Waals surface area contributed by atoms with Crippen LogP contribution in [0.3, 0.4) is 0 Å². The molecule has 0 saturated carbocycles. The number of thiophene rings is 1. The van der Waals surface area contributed by atoms with Crippen LogP contribution in [0.5, 0.6) is 0 Å². The lowest BCUT2D eigenvalue weighted by atomic mass is 9.91. The SMILES string of the molecule is O=C(N[C@@H]1CCN(C(=O)CCF)C1)c1cc2c(s1)-c1ccccc1CC2. The van der Waals surface area contributed by atoms with E-state index in [2.05, 4.69) is 23.5 Å². The topological polar surface area (TPSA) is 49.4 Å². The number of alkyl halides is 1. The number of halogens is 1. The summed E-state index contributed by atoms with van der Waals surface area (Å²) < 4.78 is 12.3. The molecule has 0 unspecified atom stereocenters. The van der Waals surface area contributed by atoms with Gasteiger partial charge in [0.2, 0.25) is 5.91 Å². The monoisotopic (exact) mass is 372 g/mol. The van der Waals surface area contributed by atoms with E-state index in [-0.39, 0.29) is 24.3 Å². The van der Waals surface area contributed by atoms with E-state index in [0.29, 0.717) is 13.1 Å². The Morgan fingerprint density at radius 1 is 1.23 bits per heavy atom. The number of carbonyl (C=O) groups excluding carboxylic acids is 2. The molecular formula is C20H21FN2O2S. The van der Waals surface area contributed by atoms with Crippen LogP contribution in [0.4, 0.5) is 4.39 Å². The van der Waals surface area contributed by atoms with E-state index in [1.807, 2.05) is 12.1 Å². The molecular weight excluding hydrogens is 351 g/mol. The lowest BCUT2D eigenvalue weighted by molar-refractivity contribution is -0.130. The number of nitrogens with zero attached hydrogens (tertiary/aromatic N) is 1. The van der Waals surface area contributed by atoms with Gasteiger partial charge in [0.25, 0.3) is 5.91 Å². The van der Waals surface area contributed by atoms with E-state index in [4.69, 9.17) is 0 Å². The summed E-state index contributed by atoms with van der Waals surface area (Å²) in [4.78, 5) is 28.0. The zero-order valence-electron chi connectivity index (χ0n) is 14.5. The number of likely N-dealkylation sites (tertiary alicyclic amines) is 1. The lowest BCUT2D eigenvalue weighted by Gasteiger charge is -2.16. The van der Waals surface area contributed by atoms with E-state index in [1.165, 1.54) is 21.6 Å². The molecule has 0 radical (unpaired) electrons. The molecule has 1 N–H and O–H groups in total. The molecule has 6 heteroatoms. The van der Waals surface area contributed by atoms with Gasteiger partial charge in [0.15, 0.2) is 0 Å². The molecule has 1 saturated heterocycles. The Morgan fingerprint density at radius 2 is 2.04 bits per heavy atom. The number of benzene rings is 1. The van der Waals surface area contributed by atoms with Crippen LogP contribution in [-0.2, 0) is 17.6 Å². The van der Waals surface area contributed by atoms with Gasteiger partial charge in [0, 0.05) is 24.0 Å². The molecule has 0 bridgehead atoms. The van der Waals surface area contributed by atoms with E-state index < -0.39 is 6.67 Å². The molecule has 2 aromatic rings. The van der Waals surface area contributed by atoms with Crippen molar-refractivity contribution in [3.8, 4) is 10.4 Å². The Hall–Kier alpha value is -2.21. The van der Waals surface area contributed by atoms with E-state index in [1.54, 1.807) is 16.2 Å².